The summed E-state index contributed by atoms with van der Waals surface area (Å²) in [5.41, 5.74) is 7.88. The van der Waals surface area contributed by atoms with E-state index in [0.717, 1.165) is 28.0 Å². The number of aromatic nitrogens is 2. The summed E-state index contributed by atoms with van der Waals surface area (Å²) in [6.45, 7) is 1.97. The smallest absolute Gasteiger partial charge is 0.108 e. The average Bonchev–Trinajstić information content (AvgIpc) is 2.65. The van der Waals surface area contributed by atoms with Gasteiger partial charge in [0.1, 0.15) is 5.82 Å². The van der Waals surface area contributed by atoms with Crippen molar-refractivity contribution in [2.45, 2.75) is 19.4 Å². The first-order chi connectivity index (χ1) is 7.65. The molecule has 1 atom stereocenters. The van der Waals surface area contributed by atoms with Gasteiger partial charge in [-0.3, -0.25) is 0 Å². The lowest BCUT2D eigenvalue weighted by Gasteiger charge is -2.01. The number of nitrogens with one attached hydrogen (secondary N) is 1. The minimum atomic E-state index is 0.126. The Kier molecular flexibility index (Phi) is 3.41. The minimum absolute atomic E-state index is 0.126. The van der Waals surface area contributed by atoms with E-state index in [9.17, 15) is 0 Å². The van der Waals surface area contributed by atoms with Gasteiger partial charge in [-0.25, -0.2) is 4.98 Å². The van der Waals surface area contributed by atoms with Crippen LogP contribution in [0.1, 0.15) is 12.7 Å². The van der Waals surface area contributed by atoms with Gasteiger partial charge in [0.2, 0.25) is 0 Å². The van der Waals surface area contributed by atoms with Crippen LogP contribution in [0.25, 0.3) is 11.3 Å². The van der Waals surface area contributed by atoms with Gasteiger partial charge in [-0.2, -0.15) is 0 Å². The molecule has 1 unspecified atom stereocenters. The molecule has 16 heavy (non-hydrogen) atoms. The number of benzene rings is 1. The van der Waals surface area contributed by atoms with Gasteiger partial charge in [0.15, 0.2) is 0 Å². The van der Waals surface area contributed by atoms with Crippen LogP contribution in [0.5, 0.6) is 0 Å². The second kappa shape index (κ2) is 4.80. The van der Waals surface area contributed by atoms with Crippen LogP contribution in [0.15, 0.2) is 34.9 Å². The van der Waals surface area contributed by atoms with E-state index in [-0.39, 0.29) is 6.04 Å². The zero-order chi connectivity index (χ0) is 11.5. The maximum Gasteiger partial charge on any atom is 0.108 e. The predicted molar refractivity (Wildman–Crippen MR) is 69.1 cm³/mol. The molecule has 0 saturated carbocycles. The molecule has 0 aliphatic rings. The van der Waals surface area contributed by atoms with Gasteiger partial charge in [0.25, 0.3) is 0 Å². The highest BCUT2D eigenvalue weighted by atomic mass is 79.9. The Bertz CT molecular complexity index is 477. The second-order valence-corrected chi connectivity index (χ2v) is 4.85. The van der Waals surface area contributed by atoms with E-state index in [1.807, 2.05) is 31.3 Å². The lowest BCUT2D eigenvalue weighted by molar-refractivity contribution is 0.710. The third-order valence-corrected chi connectivity index (χ3v) is 2.77. The number of hydrogen-bond donors (Lipinski definition) is 2. The molecule has 0 aliphatic carbocycles. The van der Waals surface area contributed by atoms with E-state index in [4.69, 9.17) is 5.73 Å². The monoisotopic (exact) mass is 279 g/mol. The van der Waals surface area contributed by atoms with Crippen LogP contribution in [0.4, 0.5) is 0 Å². The van der Waals surface area contributed by atoms with Crippen molar-refractivity contribution in [3.8, 4) is 11.3 Å². The predicted octanol–water partition coefficient (Wildman–Crippen LogP) is 2.73. The van der Waals surface area contributed by atoms with Crippen molar-refractivity contribution < 1.29 is 0 Å². The highest BCUT2D eigenvalue weighted by Gasteiger charge is 2.05. The van der Waals surface area contributed by atoms with Crippen molar-refractivity contribution in [3.63, 3.8) is 0 Å². The number of H-pyrrole nitrogens is 1. The fourth-order valence-electron chi connectivity index (χ4n) is 1.57. The maximum absolute atomic E-state index is 5.73. The largest absolute Gasteiger partial charge is 0.342 e. The molecule has 3 nitrogen and oxygen atoms in total. The first kappa shape index (κ1) is 11.4. The van der Waals surface area contributed by atoms with Crippen molar-refractivity contribution in [2.75, 3.05) is 0 Å². The first-order valence-electron chi connectivity index (χ1n) is 5.20. The lowest BCUT2D eigenvalue weighted by atomic mass is 10.2. The molecule has 0 bridgehead atoms. The molecule has 0 fully saturated rings. The molecule has 1 heterocycles. The van der Waals surface area contributed by atoms with E-state index in [2.05, 4.69) is 32.0 Å². The van der Waals surface area contributed by atoms with Crippen molar-refractivity contribution in [1.82, 2.24) is 9.97 Å². The summed E-state index contributed by atoms with van der Waals surface area (Å²) in [5, 5.41) is 0. The fourth-order valence-corrected chi connectivity index (χ4v) is 1.97. The highest BCUT2D eigenvalue weighted by molar-refractivity contribution is 9.10. The first-order valence-corrected chi connectivity index (χ1v) is 6.00. The third kappa shape index (κ3) is 2.71. The van der Waals surface area contributed by atoms with Crippen LogP contribution in [0, 0.1) is 0 Å². The summed E-state index contributed by atoms with van der Waals surface area (Å²) in [5.74, 6) is 0.935. The zero-order valence-corrected chi connectivity index (χ0v) is 10.7. The standard InChI is InChI=1S/C12H14BrN3/c1-8(14)5-12-15-7-11(16-12)9-3-2-4-10(13)6-9/h2-4,6-8H,5,14H2,1H3,(H,15,16). The summed E-state index contributed by atoms with van der Waals surface area (Å²) < 4.78 is 1.06. The Balaban J connectivity index is 2.24. The van der Waals surface area contributed by atoms with Crippen molar-refractivity contribution in [3.05, 3.63) is 40.8 Å². The molecule has 84 valence electrons. The van der Waals surface area contributed by atoms with E-state index in [1.165, 1.54) is 0 Å². The SMILES string of the molecule is CC(N)Cc1ncc(-c2cccc(Br)c2)[nH]1. The molecule has 1 aromatic carbocycles. The molecular weight excluding hydrogens is 266 g/mol. The van der Waals surface area contributed by atoms with E-state index in [1.54, 1.807) is 0 Å². The van der Waals surface area contributed by atoms with Crippen molar-refractivity contribution in [1.29, 1.82) is 0 Å². The summed E-state index contributed by atoms with van der Waals surface area (Å²) in [4.78, 5) is 7.59. The van der Waals surface area contributed by atoms with Gasteiger partial charge in [-0.05, 0) is 19.1 Å². The summed E-state index contributed by atoms with van der Waals surface area (Å²) in [7, 11) is 0. The molecule has 0 radical (unpaired) electrons. The molecule has 1 aromatic heterocycles. The lowest BCUT2D eigenvalue weighted by Crippen LogP contribution is -2.18. The van der Waals surface area contributed by atoms with Crippen LogP contribution in [-0.4, -0.2) is 16.0 Å². The Morgan fingerprint density at radius 2 is 2.31 bits per heavy atom. The van der Waals surface area contributed by atoms with Crippen LogP contribution in [-0.2, 0) is 6.42 Å². The number of imidazole rings is 1. The van der Waals surface area contributed by atoms with Gasteiger partial charge in [-0.1, -0.05) is 28.1 Å². The maximum atomic E-state index is 5.73. The van der Waals surface area contributed by atoms with Gasteiger partial charge in [0, 0.05) is 22.5 Å². The van der Waals surface area contributed by atoms with Crippen molar-refractivity contribution >= 4 is 15.9 Å². The summed E-state index contributed by atoms with van der Waals surface area (Å²) in [6, 6.07) is 8.24. The second-order valence-electron chi connectivity index (χ2n) is 3.94. The van der Waals surface area contributed by atoms with Crippen LogP contribution >= 0.6 is 15.9 Å². The van der Waals surface area contributed by atoms with Crippen LogP contribution in [0.3, 0.4) is 0 Å². The van der Waals surface area contributed by atoms with Gasteiger partial charge >= 0.3 is 0 Å². The quantitative estimate of drug-likeness (QED) is 0.908. The fraction of sp³-hybridized carbons (Fsp3) is 0.250. The van der Waals surface area contributed by atoms with E-state index in [0.29, 0.717) is 0 Å². The highest BCUT2D eigenvalue weighted by Crippen LogP contribution is 2.21. The normalized spacial score (nSPS) is 12.7. The number of halogens is 1. The molecule has 0 spiro atoms. The molecule has 3 N–H and O–H groups in total. The third-order valence-electron chi connectivity index (χ3n) is 2.28. The minimum Gasteiger partial charge on any atom is -0.342 e. The molecule has 4 heteroatoms. The van der Waals surface area contributed by atoms with Gasteiger partial charge in [-0.15, -0.1) is 0 Å². The molecule has 2 rings (SSSR count). The Morgan fingerprint density at radius 1 is 1.50 bits per heavy atom. The number of hydrogen-bond acceptors (Lipinski definition) is 2. The number of nitrogens with two attached hydrogens (primary N) is 1. The number of aromatic amines is 1. The van der Waals surface area contributed by atoms with Crippen LogP contribution in [0.2, 0.25) is 0 Å². The topological polar surface area (TPSA) is 54.7 Å². The van der Waals surface area contributed by atoms with Gasteiger partial charge < -0.3 is 10.7 Å². The van der Waals surface area contributed by atoms with E-state index < -0.39 is 0 Å². The summed E-state index contributed by atoms with van der Waals surface area (Å²) in [6.07, 6.45) is 2.62. The Morgan fingerprint density at radius 3 is 3.00 bits per heavy atom. The number of nitrogens with zero attached hydrogens (tertiary/aromatic N) is 1. The molecule has 0 aliphatic heterocycles. The molecule has 0 saturated heterocycles. The zero-order valence-electron chi connectivity index (χ0n) is 9.07. The Hall–Kier alpha value is -1.13. The molecule has 2 aromatic rings. The van der Waals surface area contributed by atoms with E-state index >= 15 is 0 Å². The Labute approximate surface area is 103 Å². The number of rotatable bonds is 3. The summed E-state index contributed by atoms with van der Waals surface area (Å²) >= 11 is 3.45. The van der Waals surface area contributed by atoms with Crippen molar-refractivity contribution in [2.24, 2.45) is 5.73 Å². The average molecular weight is 280 g/mol. The van der Waals surface area contributed by atoms with Crippen LogP contribution < -0.4 is 5.73 Å². The van der Waals surface area contributed by atoms with Gasteiger partial charge in [0.05, 0.1) is 11.9 Å². The molecule has 0 amide bonds. The molecular formula is C12H14BrN3.